The molecule has 0 saturated carbocycles. The summed E-state index contributed by atoms with van der Waals surface area (Å²) in [7, 11) is -2.63. The summed E-state index contributed by atoms with van der Waals surface area (Å²) < 4.78 is 32.2. The van der Waals surface area contributed by atoms with Crippen molar-refractivity contribution in [2.45, 2.75) is 12.3 Å². The van der Waals surface area contributed by atoms with Crippen molar-refractivity contribution in [2.75, 3.05) is 17.7 Å². The third-order valence-electron chi connectivity index (χ3n) is 3.16. The number of amides is 1. The van der Waals surface area contributed by atoms with Gasteiger partial charge >= 0.3 is 29.6 Å². The molecule has 0 aromatic heterocycles. The Bertz CT molecular complexity index is 639. The first kappa shape index (κ1) is 17.4. The van der Waals surface area contributed by atoms with Gasteiger partial charge in [-0.1, -0.05) is 0 Å². The number of nitrogens with zero attached hydrogens (tertiary/aromatic N) is 1. The van der Waals surface area contributed by atoms with Crippen molar-refractivity contribution in [2.24, 2.45) is 0 Å². The van der Waals surface area contributed by atoms with Gasteiger partial charge in [0.05, 0.1) is 11.2 Å². The molecule has 1 aliphatic rings. The molecule has 1 unspecified atom stereocenters. The van der Waals surface area contributed by atoms with Gasteiger partial charge in [0.2, 0.25) is 5.91 Å². The van der Waals surface area contributed by atoms with Crippen LogP contribution in [0, 0.1) is 3.57 Å². The number of rotatable bonds is 2. The molecule has 0 bridgehead atoms. The second kappa shape index (κ2) is 5.61. The van der Waals surface area contributed by atoms with E-state index in [1.807, 2.05) is 6.07 Å². The van der Waals surface area contributed by atoms with E-state index in [2.05, 4.69) is 22.6 Å². The summed E-state index contributed by atoms with van der Waals surface area (Å²) in [6, 6.07) is 5.41. The first-order valence-corrected chi connectivity index (χ1v) is 7.87. The van der Waals surface area contributed by atoms with Crippen LogP contribution in [-0.2, 0) is 20.3 Å². The maximum Gasteiger partial charge on any atom is 1.00 e. The van der Waals surface area contributed by atoms with E-state index < -0.39 is 21.3 Å². The first-order chi connectivity index (χ1) is 8.15. The quantitative estimate of drug-likeness (QED) is 0.371. The van der Waals surface area contributed by atoms with Crippen LogP contribution in [0.2, 0.25) is 0 Å². The Labute approximate surface area is 149 Å². The van der Waals surface area contributed by atoms with Gasteiger partial charge in [0.1, 0.15) is 0 Å². The van der Waals surface area contributed by atoms with E-state index in [1.165, 1.54) is 4.90 Å². The molecule has 1 N–H and O–H groups in total. The fourth-order valence-corrected chi connectivity index (χ4v) is 3.84. The molecule has 1 aliphatic heterocycles. The number of halogens is 1. The van der Waals surface area contributed by atoms with E-state index in [1.54, 1.807) is 26.1 Å². The van der Waals surface area contributed by atoms with Gasteiger partial charge < -0.3 is 6.33 Å². The molecule has 0 saturated heterocycles. The Balaban J connectivity index is 0.00000180. The minimum atomic E-state index is -4.23. The molecule has 5 nitrogen and oxygen atoms in total. The second-order valence-electron chi connectivity index (χ2n) is 4.58. The molecule has 0 aliphatic carbocycles. The van der Waals surface area contributed by atoms with E-state index in [-0.39, 0.29) is 36.9 Å². The topological polar surface area (TPSA) is 74.7 Å². The van der Waals surface area contributed by atoms with Crippen molar-refractivity contribution in [3.63, 3.8) is 0 Å². The van der Waals surface area contributed by atoms with Crippen LogP contribution in [0.4, 0.5) is 5.69 Å². The number of likely N-dealkylation sites (N-methyl/N-ethyl adjacent to an activating group) is 1. The van der Waals surface area contributed by atoms with Gasteiger partial charge in [-0.3, -0.25) is 9.35 Å². The Morgan fingerprint density at radius 3 is 2.58 bits per heavy atom. The molecule has 100 valence electrons. The number of fused-ring (bicyclic) bond motifs is 1. The van der Waals surface area contributed by atoms with E-state index in [0.717, 1.165) is 3.57 Å². The predicted octanol–water partition coefficient (Wildman–Crippen LogP) is -1.47. The third kappa shape index (κ3) is 3.16. The van der Waals surface area contributed by atoms with Crippen molar-refractivity contribution in [3.05, 3.63) is 27.3 Å². The van der Waals surface area contributed by atoms with Crippen molar-refractivity contribution in [1.29, 1.82) is 0 Å². The largest absolute Gasteiger partial charge is 1.00 e. The molecule has 1 aromatic carbocycles. The zero-order valence-electron chi connectivity index (χ0n) is 11.8. The standard InChI is InChI=1S/C11H12INO4S.Na.H/c1-11(6-18(15,16)17)8-5-7(12)3-4-9(8)13(2)10(11)14;;/h3-5H,6H2,1-2H3,(H,15,16,17);;/q;+1;-1. The Hall–Kier alpha value is 0.330. The van der Waals surface area contributed by atoms with E-state index in [0.29, 0.717) is 11.3 Å². The van der Waals surface area contributed by atoms with Crippen LogP contribution in [0.5, 0.6) is 0 Å². The number of hydrogen-bond acceptors (Lipinski definition) is 3. The van der Waals surface area contributed by atoms with Crippen LogP contribution in [0.1, 0.15) is 13.9 Å². The van der Waals surface area contributed by atoms with Crippen molar-refractivity contribution in [1.82, 2.24) is 0 Å². The number of anilines is 1. The molecule has 19 heavy (non-hydrogen) atoms. The molecule has 0 spiro atoms. The predicted molar refractivity (Wildman–Crippen MR) is 77.4 cm³/mol. The normalized spacial score (nSPS) is 22.1. The van der Waals surface area contributed by atoms with Gasteiger partial charge in [-0.15, -0.1) is 0 Å². The summed E-state index contributed by atoms with van der Waals surface area (Å²) in [5.74, 6) is -0.923. The second-order valence-corrected chi connectivity index (χ2v) is 7.28. The molecule has 0 fully saturated rings. The van der Waals surface area contributed by atoms with Gasteiger partial charge in [-0.05, 0) is 53.3 Å². The van der Waals surface area contributed by atoms with Gasteiger partial charge in [0.15, 0.2) is 0 Å². The van der Waals surface area contributed by atoms with Gasteiger partial charge in [-0.2, -0.15) is 8.42 Å². The van der Waals surface area contributed by atoms with Crippen molar-refractivity contribution in [3.8, 4) is 0 Å². The van der Waals surface area contributed by atoms with E-state index >= 15 is 0 Å². The molecule has 2 rings (SSSR count). The molecule has 1 heterocycles. The van der Waals surface area contributed by atoms with Crippen LogP contribution in [0.3, 0.4) is 0 Å². The van der Waals surface area contributed by atoms with E-state index in [4.69, 9.17) is 4.55 Å². The van der Waals surface area contributed by atoms with E-state index in [9.17, 15) is 13.2 Å². The van der Waals surface area contributed by atoms with Crippen molar-refractivity contribution < 1.29 is 48.7 Å². The Kier molecular flexibility index (Phi) is 5.13. The van der Waals surface area contributed by atoms with Crippen molar-refractivity contribution >= 4 is 44.3 Å². The van der Waals surface area contributed by atoms with Crippen LogP contribution < -0.4 is 34.5 Å². The summed E-state index contributed by atoms with van der Waals surface area (Å²) in [4.78, 5) is 13.6. The monoisotopic (exact) mass is 405 g/mol. The molecule has 8 heteroatoms. The van der Waals surface area contributed by atoms with Gasteiger partial charge in [-0.25, -0.2) is 0 Å². The van der Waals surface area contributed by atoms with Crippen LogP contribution >= 0.6 is 22.6 Å². The summed E-state index contributed by atoms with van der Waals surface area (Å²) in [6.07, 6.45) is 0. The molecular formula is C11H13INNaO4S. The third-order valence-corrected chi connectivity index (χ3v) is 4.78. The maximum absolute atomic E-state index is 12.2. The molecule has 1 amide bonds. The van der Waals surface area contributed by atoms with Crippen LogP contribution in [0.15, 0.2) is 18.2 Å². The summed E-state index contributed by atoms with van der Waals surface area (Å²) >= 11 is 2.10. The number of carbonyl (C=O) groups excluding carboxylic acids is 1. The molecular weight excluding hydrogens is 392 g/mol. The number of benzene rings is 1. The molecule has 1 aromatic rings. The van der Waals surface area contributed by atoms with Crippen LogP contribution in [-0.4, -0.2) is 31.7 Å². The minimum Gasteiger partial charge on any atom is -1.00 e. The molecule has 0 radical (unpaired) electrons. The average molecular weight is 405 g/mol. The number of carbonyl (C=O) groups is 1. The summed E-state index contributed by atoms with van der Waals surface area (Å²) in [6.45, 7) is 1.54. The molecule has 1 atom stereocenters. The zero-order chi connectivity index (χ0) is 13.7. The zero-order valence-corrected chi connectivity index (χ0v) is 15.8. The number of hydrogen-bond donors (Lipinski definition) is 1. The first-order valence-electron chi connectivity index (χ1n) is 5.18. The average Bonchev–Trinajstić information content (AvgIpc) is 2.39. The van der Waals surface area contributed by atoms with Gasteiger partial charge in [0, 0.05) is 16.3 Å². The minimum absolute atomic E-state index is 0. The fraction of sp³-hybridized carbons (Fsp3) is 0.364. The Morgan fingerprint density at radius 2 is 2.05 bits per heavy atom. The maximum atomic E-state index is 12.2. The summed E-state index contributed by atoms with van der Waals surface area (Å²) in [5.41, 5.74) is 0.102. The van der Waals surface area contributed by atoms with Gasteiger partial charge in [0.25, 0.3) is 10.1 Å². The Morgan fingerprint density at radius 1 is 1.47 bits per heavy atom. The summed E-state index contributed by atoms with van der Waals surface area (Å²) in [5, 5.41) is 0. The van der Waals surface area contributed by atoms with Crippen LogP contribution in [0.25, 0.3) is 0 Å². The smallest absolute Gasteiger partial charge is 1.00 e. The fourth-order valence-electron chi connectivity index (χ4n) is 2.34. The SMILES string of the molecule is CN1C(=O)C(C)(CS(=O)(=O)O)c2cc(I)ccc21.[H-].[Na+].